The van der Waals surface area contributed by atoms with Gasteiger partial charge in [-0.2, -0.15) is 0 Å². The maximum atomic E-state index is 14.2. The van der Waals surface area contributed by atoms with Crippen LogP contribution in [0.4, 0.5) is 10.1 Å². The molecule has 5 heteroatoms. The van der Waals surface area contributed by atoms with Crippen molar-refractivity contribution in [2.75, 3.05) is 44.3 Å². The molecule has 0 spiro atoms. The van der Waals surface area contributed by atoms with Crippen molar-refractivity contribution in [3.8, 4) is 5.75 Å². The predicted octanol–water partition coefficient (Wildman–Crippen LogP) is 1.79. The molecular weight excluding hydrogens is 259 g/mol. The molecule has 0 bridgehead atoms. The number of halogens is 1. The Hall–Kier alpha value is -1.33. The Morgan fingerprint density at radius 1 is 1.30 bits per heavy atom. The minimum absolute atomic E-state index is 0.0492. The molecule has 2 heterocycles. The lowest BCUT2D eigenvalue weighted by Crippen LogP contribution is -2.43. The van der Waals surface area contributed by atoms with Gasteiger partial charge in [0.2, 0.25) is 0 Å². The van der Waals surface area contributed by atoms with E-state index in [1.165, 1.54) is 6.07 Å². The Morgan fingerprint density at radius 3 is 2.85 bits per heavy atom. The molecule has 20 heavy (non-hydrogen) atoms. The number of anilines is 1. The quantitative estimate of drug-likeness (QED) is 0.915. The van der Waals surface area contributed by atoms with Crippen molar-refractivity contribution in [2.45, 2.75) is 18.9 Å². The van der Waals surface area contributed by atoms with Crippen molar-refractivity contribution in [3.63, 3.8) is 0 Å². The Morgan fingerprint density at radius 2 is 2.15 bits per heavy atom. The van der Waals surface area contributed by atoms with Crippen LogP contribution in [-0.4, -0.2) is 45.5 Å². The maximum absolute atomic E-state index is 14.2. The summed E-state index contributed by atoms with van der Waals surface area (Å²) < 4.78 is 25.4. The van der Waals surface area contributed by atoms with Crippen LogP contribution in [0.5, 0.6) is 5.75 Å². The highest BCUT2D eigenvalue weighted by Crippen LogP contribution is 2.26. The Labute approximate surface area is 118 Å². The minimum Gasteiger partial charge on any atom is -0.488 e. The van der Waals surface area contributed by atoms with Crippen molar-refractivity contribution in [1.82, 2.24) is 5.32 Å². The van der Waals surface area contributed by atoms with Gasteiger partial charge < -0.3 is 19.7 Å². The molecule has 3 rings (SSSR count). The number of ether oxygens (including phenoxy) is 2. The summed E-state index contributed by atoms with van der Waals surface area (Å²) in [4.78, 5) is 2.07. The summed E-state index contributed by atoms with van der Waals surface area (Å²) in [5.41, 5.74) is 0.666. The largest absolute Gasteiger partial charge is 0.488 e. The standard InChI is InChI=1S/C15H21FN2O2/c16-14-10-12(20-13-2-1-9-19-11-13)3-4-15(14)18-7-5-17-6-8-18/h3-4,10,13,17H,1-2,5-9,11H2. The normalized spacial score (nSPS) is 23.6. The number of rotatable bonds is 3. The van der Waals surface area contributed by atoms with Crippen molar-refractivity contribution in [1.29, 1.82) is 0 Å². The first-order chi connectivity index (χ1) is 9.83. The Bertz CT molecular complexity index is 443. The second-order valence-electron chi connectivity index (χ2n) is 5.31. The van der Waals surface area contributed by atoms with Crippen LogP contribution in [0, 0.1) is 5.82 Å². The number of benzene rings is 1. The van der Waals surface area contributed by atoms with Crippen LogP contribution in [0.1, 0.15) is 12.8 Å². The van der Waals surface area contributed by atoms with Gasteiger partial charge in [0.25, 0.3) is 0 Å². The third-order valence-corrected chi connectivity index (χ3v) is 3.80. The molecular formula is C15H21FN2O2. The van der Waals surface area contributed by atoms with E-state index in [1.807, 2.05) is 12.1 Å². The van der Waals surface area contributed by atoms with Gasteiger partial charge in [-0.3, -0.25) is 0 Å². The van der Waals surface area contributed by atoms with Gasteiger partial charge in [0, 0.05) is 38.9 Å². The van der Waals surface area contributed by atoms with E-state index in [1.54, 1.807) is 0 Å². The molecule has 1 atom stereocenters. The van der Waals surface area contributed by atoms with Crippen molar-refractivity contribution < 1.29 is 13.9 Å². The summed E-state index contributed by atoms with van der Waals surface area (Å²) in [5.74, 6) is 0.387. The lowest BCUT2D eigenvalue weighted by atomic mass is 10.1. The van der Waals surface area contributed by atoms with Crippen LogP contribution in [-0.2, 0) is 4.74 Å². The monoisotopic (exact) mass is 280 g/mol. The van der Waals surface area contributed by atoms with Crippen molar-refractivity contribution >= 4 is 5.69 Å². The highest BCUT2D eigenvalue weighted by Gasteiger charge is 2.18. The van der Waals surface area contributed by atoms with Gasteiger partial charge in [0.1, 0.15) is 17.7 Å². The summed E-state index contributed by atoms with van der Waals surface area (Å²) >= 11 is 0. The van der Waals surface area contributed by atoms with Crippen LogP contribution in [0.15, 0.2) is 18.2 Å². The van der Waals surface area contributed by atoms with Crippen molar-refractivity contribution in [3.05, 3.63) is 24.0 Å². The van der Waals surface area contributed by atoms with Gasteiger partial charge in [-0.25, -0.2) is 4.39 Å². The summed E-state index contributed by atoms with van der Waals surface area (Å²) in [6, 6.07) is 5.17. The topological polar surface area (TPSA) is 33.7 Å². The molecule has 1 aromatic carbocycles. The molecule has 2 fully saturated rings. The molecule has 0 radical (unpaired) electrons. The highest BCUT2D eigenvalue weighted by atomic mass is 19.1. The maximum Gasteiger partial charge on any atom is 0.150 e. The molecule has 2 aliphatic heterocycles. The van der Waals surface area contributed by atoms with E-state index >= 15 is 0 Å². The van der Waals surface area contributed by atoms with Crippen LogP contribution in [0.25, 0.3) is 0 Å². The number of piperazine rings is 1. The SMILES string of the molecule is Fc1cc(OC2CCCOC2)ccc1N1CCNCC1. The van der Waals surface area contributed by atoms with E-state index in [2.05, 4.69) is 10.2 Å². The van der Waals surface area contributed by atoms with E-state index in [0.29, 0.717) is 18.0 Å². The number of hydrogen-bond acceptors (Lipinski definition) is 4. The molecule has 0 amide bonds. The second kappa shape index (κ2) is 6.41. The predicted molar refractivity (Wildman–Crippen MR) is 76.0 cm³/mol. The van der Waals surface area contributed by atoms with Crippen LogP contribution in [0.3, 0.4) is 0 Å². The molecule has 0 aliphatic carbocycles. The molecule has 0 saturated carbocycles. The summed E-state index contributed by atoms with van der Waals surface area (Å²) in [7, 11) is 0. The van der Waals surface area contributed by atoms with E-state index < -0.39 is 0 Å². The first-order valence-corrected chi connectivity index (χ1v) is 7.32. The van der Waals surface area contributed by atoms with Gasteiger partial charge in [0.05, 0.1) is 12.3 Å². The molecule has 1 aromatic rings. The van der Waals surface area contributed by atoms with Gasteiger partial charge in [-0.15, -0.1) is 0 Å². The van der Waals surface area contributed by atoms with Gasteiger partial charge in [-0.05, 0) is 25.0 Å². The fourth-order valence-electron chi connectivity index (χ4n) is 2.72. The molecule has 4 nitrogen and oxygen atoms in total. The minimum atomic E-state index is -0.207. The zero-order valence-corrected chi connectivity index (χ0v) is 11.6. The Kier molecular flexibility index (Phi) is 4.38. The molecule has 1 N–H and O–H groups in total. The third-order valence-electron chi connectivity index (χ3n) is 3.80. The van der Waals surface area contributed by atoms with E-state index in [0.717, 1.165) is 45.6 Å². The lowest BCUT2D eigenvalue weighted by Gasteiger charge is -2.30. The number of nitrogens with zero attached hydrogens (tertiary/aromatic N) is 1. The smallest absolute Gasteiger partial charge is 0.150 e. The summed E-state index contributed by atoms with van der Waals surface area (Å²) in [6.45, 7) is 4.88. The van der Waals surface area contributed by atoms with E-state index in [9.17, 15) is 4.39 Å². The van der Waals surface area contributed by atoms with Crippen molar-refractivity contribution in [2.24, 2.45) is 0 Å². The van der Waals surface area contributed by atoms with E-state index in [-0.39, 0.29) is 11.9 Å². The molecule has 2 aliphatic rings. The number of nitrogens with one attached hydrogen (secondary N) is 1. The summed E-state index contributed by atoms with van der Waals surface area (Å²) in [5, 5.41) is 3.27. The van der Waals surface area contributed by atoms with Gasteiger partial charge in [0.15, 0.2) is 0 Å². The zero-order chi connectivity index (χ0) is 13.8. The number of hydrogen-bond donors (Lipinski definition) is 1. The third kappa shape index (κ3) is 3.22. The zero-order valence-electron chi connectivity index (χ0n) is 11.6. The van der Waals surface area contributed by atoms with Crippen LogP contribution in [0.2, 0.25) is 0 Å². The van der Waals surface area contributed by atoms with E-state index in [4.69, 9.17) is 9.47 Å². The first kappa shape index (κ1) is 13.6. The molecule has 1 unspecified atom stereocenters. The summed E-state index contributed by atoms with van der Waals surface area (Å²) in [6.07, 6.45) is 2.03. The first-order valence-electron chi connectivity index (χ1n) is 7.32. The molecule has 110 valence electrons. The van der Waals surface area contributed by atoms with Gasteiger partial charge >= 0.3 is 0 Å². The second-order valence-corrected chi connectivity index (χ2v) is 5.31. The Balaban J connectivity index is 1.66. The van der Waals surface area contributed by atoms with Gasteiger partial charge in [-0.1, -0.05) is 0 Å². The van der Waals surface area contributed by atoms with Crippen LogP contribution >= 0.6 is 0 Å². The van der Waals surface area contributed by atoms with Crippen LogP contribution < -0.4 is 15.0 Å². The fraction of sp³-hybridized carbons (Fsp3) is 0.600. The molecule has 0 aromatic heterocycles. The average Bonchev–Trinajstić information content (AvgIpc) is 2.49. The molecule has 2 saturated heterocycles. The average molecular weight is 280 g/mol. The highest BCUT2D eigenvalue weighted by molar-refractivity contribution is 5.51. The fourth-order valence-corrected chi connectivity index (χ4v) is 2.72. The lowest BCUT2D eigenvalue weighted by molar-refractivity contribution is 0.00732.